The van der Waals surface area contributed by atoms with Crippen molar-refractivity contribution in [3.05, 3.63) is 98.8 Å². The van der Waals surface area contributed by atoms with Gasteiger partial charge in [0, 0.05) is 46.6 Å². The first kappa shape index (κ1) is 21.9. The van der Waals surface area contributed by atoms with E-state index < -0.39 is 22.3 Å². The second kappa shape index (κ2) is 7.96. The number of anilines is 1. The van der Waals surface area contributed by atoms with E-state index >= 15 is 0 Å². The summed E-state index contributed by atoms with van der Waals surface area (Å²) in [5.74, 6) is -1.82. The molecule has 176 valence electrons. The predicted molar refractivity (Wildman–Crippen MR) is 129 cm³/mol. The van der Waals surface area contributed by atoms with E-state index in [1.54, 1.807) is 48.7 Å². The number of fused-ring (bicyclic) bond motifs is 4. The highest BCUT2D eigenvalue weighted by Crippen LogP contribution is 2.61. The number of nitrogens with one attached hydrogen (secondary N) is 1. The van der Waals surface area contributed by atoms with Crippen molar-refractivity contribution < 1.29 is 14.5 Å². The van der Waals surface area contributed by atoms with Crippen molar-refractivity contribution in [2.75, 3.05) is 11.9 Å². The van der Waals surface area contributed by atoms with Gasteiger partial charge in [-0.15, -0.1) is 0 Å². The lowest BCUT2D eigenvalue weighted by molar-refractivity contribution is -0.384. The molecule has 0 bridgehead atoms. The van der Waals surface area contributed by atoms with Crippen LogP contribution in [0.5, 0.6) is 0 Å². The molecule has 3 aromatic rings. The third-order valence-corrected chi connectivity index (χ3v) is 7.86. The van der Waals surface area contributed by atoms with E-state index in [2.05, 4.69) is 15.2 Å². The zero-order chi connectivity index (χ0) is 24.3. The molecule has 0 radical (unpaired) electrons. The van der Waals surface area contributed by atoms with Gasteiger partial charge in [-0.05, 0) is 55.3 Å². The second-order valence-corrected chi connectivity index (χ2v) is 9.68. The first-order valence-corrected chi connectivity index (χ1v) is 11.9. The van der Waals surface area contributed by atoms with Crippen molar-refractivity contribution in [3.63, 3.8) is 0 Å². The molecule has 35 heavy (non-hydrogen) atoms. The fourth-order valence-corrected chi connectivity index (χ4v) is 6.59. The molecule has 2 saturated heterocycles. The van der Waals surface area contributed by atoms with Gasteiger partial charge in [-0.2, -0.15) is 0 Å². The van der Waals surface area contributed by atoms with Crippen LogP contribution < -0.4 is 5.32 Å². The number of carbonyl (C=O) groups is 2. The van der Waals surface area contributed by atoms with Gasteiger partial charge < -0.3 is 5.32 Å². The Labute approximate surface area is 206 Å². The lowest BCUT2D eigenvalue weighted by atomic mass is 9.69. The van der Waals surface area contributed by atoms with Crippen molar-refractivity contribution in [2.24, 2.45) is 5.92 Å². The zero-order valence-electron chi connectivity index (χ0n) is 18.6. The molecule has 3 aliphatic heterocycles. The van der Waals surface area contributed by atoms with Gasteiger partial charge in [0.15, 0.2) is 5.78 Å². The number of pyridine rings is 1. The summed E-state index contributed by atoms with van der Waals surface area (Å²) in [4.78, 5) is 45.7. The van der Waals surface area contributed by atoms with Crippen LogP contribution in [-0.4, -0.2) is 39.1 Å². The number of nitrogens with zero attached hydrogens (tertiary/aromatic N) is 3. The van der Waals surface area contributed by atoms with Crippen molar-refractivity contribution in [1.82, 2.24) is 9.88 Å². The van der Waals surface area contributed by atoms with Crippen LogP contribution in [0.2, 0.25) is 5.02 Å². The van der Waals surface area contributed by atoms with Crippen LogP contribution in [0.25, 0.3) is 0 Å². The van der Waals surface area contributed by atoms with Gasteiger partial charge in [0.05, 0.1) is 10.8 Å². The Morgan fingerprint density at radius 3 is 2.80 bits per heavy atom. The maximum atomic E-state index is 14.2. The van der Waals surface area contributed by atoms with Crippen molar-refractivity contribution in [2.45, 2.75) is 30.3 Å². The number of nitro groups is 1. The van der Waals surface area contributed by atoms with E-state index in [9.17, 15) is 19.7 Å². The van der Waals surface area contributed by atoms with Gasteiger partial charge in [-0.3, -0.25) is 29.6 Å². The summed E-state index contributed by atoms with van der Waals surface area (Å²) < 4.78 is 0. The molecule has 1 amide bonds. The number of rotatable bonds is 4. The maximum absolute atomic E-state index is 14.2. The highest BCUT2D eigenvalue weighted by molar-refractivity contribution is 6.31. The van der Waals surface area contributed by atoms with E-state index in [0.717, 1.165) is 12.8 Å². The minimum atomic E-state index is -1.29. The Hall–Kier alpha value is -3.62. The smallest absolute Gasteiger partial charge is 0.269 e. The molecule has 1 spiro atoms. The Kier molecular flexibility index (Phi) is 4.98. The molecule has 4 atom stereocenters. The van der Waals surface area contributed by atoms with Crippen LogP contribution in [0.15, 0.2) is 66.9 Å². The monoisotopic (exact) mass is 488 g/mol. The highest BCUT2D eigenvalue weighted by Gasteiger charge is 2.69. The minimum absolute atomic E-state index is 0.0450. The fourth-order valence-electron chi connectivity index (χ4n) is 6.42. The average molecular weight is 489 g/mol. The topological polar surface area (TPSA) is 105 Å². The van der Waals surface area contributed by atoms with Gasteiger partial charge in [-0.25, -0.2) is 0 Å². The van der Waals surface area contributed by atoms with Crippen LogP contribution in [0.1, 0.15) is 40.4 Å². The Morgan fingerprint density at radius 1 is 1.17 bits per heavy atom. The number of aromatic nitrogens is 1. The van der Waals surface area contributed by atoms with Crippen LogP contribution in [0.3, 0.4) is 0 Å². The standard InChI is InChI=1S/C26H21ClN4O4/c27-16-9-10-19-18(14-16)26(25(33)29-19)23(24(32)20-7-1-2-11-28-20)22(21-8-4-12-30(21)26)15-5-3-6-17(13-15)31(34)35/h1-3,5-7,9-11,13-14,21-23H,4,8,12H2,(H,29,33)/t21-,22-,23+,26-/m1/s1. The molecule has 1 aromatic heterocycles. The Balaban J connectivity index is 1.63. The first-order valence-electron chi connectivity index (χ1n) is 11.5. The maximum Gasteiger partial charge on any atom is 0.269 e. The normalized spacial score (nSPS) is 27.0. The number of ketones is 1. The van der Waals surface area contributed by atoms with Crippen molar-refractivity contribution in [1.29, 1.82) is 0 Å². The van der Waals surface area contributed by atoms with E-state index in [0.29, 0.717) is 28.4 Å². The van der Waals surface area contributed by atoms with Crippen LogP contribution in [-0.2, 0) is 10.3 Å². The van der Waals surface area contributed by atoms with Crippen LogP contribution >= 0.6 is 11.6 Å². The summed E-state index contributed by atoms with van der Waals surface area (Å²) in [6.07, 6.45) is 3.17. The molecular formula is C26H21ClN4O4. The average Bonchev–Trinajstić information content (AvgIpc) is 3.52. The van der Waals surface area contributed by atoms with Crippen molar-refractivity contribution >= 4 is 34.7 Å². The molecule has 2 fully saturated rings. The molecule has 8 nitrogen and oxygen atoms in total. The summed E-state index contributed by atoms with van der Waals surface area (Å²) in [7, 11) is 0. The highest BCUT2D eigenvalue weighted by atomic mass is 35.5. The number of Topliss-reactive ketones (excluding diaryl/α,β-unsaturated/α-hetero) is 1. The van der Waals surface area contributed by atoms with Gasteiger partial charge in [0.2, 0.25) is 5.91 Å². The van der Waals surface area contributed by atoms with Crippen LogP contribution in [0.4, 0.5) is 11.4 Å². The minimum Gasteiger partial charge on any atom is -0.324 e. The van der Waals surface area contributed by atoms with Gasteiger partial charge in [0.1, 0.15) is 11.2 Å². The quantitative estimate of drug-likeness (QED) is 0.328. The summed E-state index contributed by atoms with van der Waals surface area (Å²) in [5, 5.41) is 15.0. The first-order chi connectivity index (χ1) is 16.9. The number of nitro benzene ring substituents is 1. The third kappa shape index (κ3) is 3.06. The van der Waals surface area contributed by atoms with E-state index in [1.165, 1.54) is 12.1 Å². The molecule has 1 N–H and O–H groups in total. The number of carbonyl (C=O) groups excluding carboxylic acids is 2. The molecule has 4 heterocycles. The number of non-ortho nitro benzene ring substituents is 1. The Bertz CT molecular complexity index is 1380. The largest absolute Gasteiger partial charge is 0.324 e. The number of hydrogen-bond donors (Lipinski definition) is 1. The lowest BCUT2D eigenvalue weighted by Gasteiger charge is -2.36. The second-order valence-electron chi connectivity index (χ2n) is 9.25. The molecule has 0 saturated carbocycles. The predicted octanol–water partition coefficient (Wildman–Crippen LogP) is 4.55. The summed E-state index contributed by atoms with van der Waals surface area (Å²) in [6.45, 7) is 0.626. The van der Waals surface area contributed by atoms with E-state index in [4.69, 9.17) is 11.6 Å². The molecular weight excluding hydrogens is 468 g/mol. The van der Waals surface area contributed by atoms with Gasteiger partial charge >= 0.3 is 0 Å². The van der Waals surface area contributed by atoms with E-state index in [-0.39, 0.29) is 29.1 Å². The molecule has 0 aliphatic carbocycles. The SMILES string of the molecule is O=C(c1ccccn1)[C@@H]1[C@H](c2cccc([N+](=O)[O-])c2)[C@H]2CCCN2[C@@]12C(=O)Nc1ccc(Cl)cc12. The molecule has 6 rings (SSSR count). The van der Waals surface area contributed by atoms with E-state index in [1.807, 2.05) is 6.07 Å². The van der Waals surface area contributed by atoms with Crippen molar-refractivity contribution in [3.8, 4) is 0 Å². The summed E-state index contributed by atoms with van der Waals surface area (Å²) >= 11 is 6.40. The van der Waals surface area contributed by atoms with Gasteiger partial charge in [-0.1, -0.05) is 29.8 Å². The fraction of sp³-hybridized carbons (Fsp3) is 0.269. The number of hydrogen-bond acceptors (Lipinski definition) is 6. The molecule has 0 unspecified atom stereocenters. The molecule has 2 aromatic carbocycles. The molecule has 9 heteroatoms. The lowest BCUT2D eigenvalue weighted by Crippen LogP contribution is -2.53. The summed E-state index contributed by atoms with van der Waals surface area (Å²) in [6, 6.07) is 16.6. The number of benzene rings is 2. The zero-order valence-corrected chi connectivity index (χ0v) is 19.3. The van der Waals surface area contributed by atoms with Crippen LogP contribution in [0, 0.1) is 16.0 Å². The summed E-state index contributed by atoms with van der Waals surface area (Å²) in [5.41, 5.74) is 0.900. The van der Waals surface area contributed by atoms with Gasteiger partial charge in [0.25, 0.3) is 5.69 Å². The third-order valence-electron chi connectivity index (χ3n) is 7.63. The molecule has 3 aliphatic rings. The number of amides is 1. The Morgan fingerprint density at radius 2 is 2.03 bits per heavy atom. The number of halogens is 1.